The topological polar surface area (TPSA) is 46.3 Å². The second-order valence-corrected chi connectivity index (χ2v) is 6.86. The molecule has 2 aromatic carbocycles. The number of benzene rings is 2. The third kappa shape index (κ3) is 2.21. The third-order valence-electron chi connectivity index (χ3n) is 5.35. The molecule has 0 unspecified atom stereocenters. The Labute approximate surface area is 146 Å². The van der Waals surface area contributed by atoms with Gasteiger partial charge in [0.25, 0.3) is 0 Å². The van der Waals surface area contributed by atoms with Gasteiger partial charge in [0.05, 0.1) is 11.1 Å². The fourth-order valence-corrected chi connectivity index (χ4v) is 3.75. The number of amides is 1. The van der Waals surface area contributed by atoms with E-state index >= 15 is 0 Å². The van der Waals surface area contributed by atoms with Gasteiger partial charge in [-0.3, -0.25) is 4.79 Å². The minimum Gasteiger partial charge on any atom is -0.356 e. The van der Waals surface area contributed by atoms with Crippen molar-refractivity contribution in [2.75, 3.05) is 11.4 Å². The maximum Gasteiger partial charge on any atom is 0.239 e. The summed E-state index contributed by atoms with van der Waals surface area (Å²) in [5.74, 6) is 0.877. The highest BCUT2D eigenvalue weighted by atomic mass is 16.5. The first-order valence-electron chi connectivity index (χ1n) is 8.70. The molecule has 4 heteroatoms. The fourth-order valence-electron chi connectivity index (χ4n) is 3.75. The minimum absolute atomic E-state index is 0.158. The summed E-state index contributed by atoms with van der Waals surface area (Å²) in [5, 5.41) is 4.25. The van der Waals surface area contributed by atoms with Crippen molar-refractivity contribution in [3.63, 3.8) is 0 Å². The molecule has 0 saturated heterocycles. The SMILES string of the molecule is O=C(N1CCc2ccccc21)C1(c2cc(-c3ccccc3)on2)CC1. The lowest BCUT2D eigenvalue weighted by molar-refractivity contribution is -0.121. The van der Waals surface area contributed by atoms with Crippen LogP contribution in [-0.4, -0.2) is 17.6 Å². The Kier molecular flexibility index (Phi) is 3.07. The van der Waals surface area contributed by atoms with Gasteiger partial charge in [-0.2, -0.15) is 0 Å². The highest BCUT2D eigenvalue weighted by molar-refractivity contribution is 6.04. The zero-order chi connectivity index (χ0) is 16.9. The van der Waals surface area contributed by atoms with Gasteiger partial charge in [0.2, 0.25) is 5.91 Å². The van der Waals surface area contributed by atoms with Crippen molar-refractivity contribution in [1.29, 1.82) is 0 Å². The van der Waals surface area contributed by atoms with Gasteiger partial charge < -0.3 is 9.42 Å². The number of hydrogen-bond donors (Lipinski definition) is 0. The van der Waals surface area contributed by atoms with Crippen molar-refractivity contribution in [2.24, 2.45) is 0 Å². The van der Waals surface area contributed by atoms with Gasteiger partial charge in [-0.25, -0.2) is 0 Å². The highest BCUT2D eigenvalue weighted by Gasteiger charge is 2.56. The first-order chi connectivity index (χ1) is 12.3. The molecule has 2 aliphatic rings. The Morgan fingerprint density at radius 1 is 1.04 bits per heavy atom. The van der Waals surface area contributed by atoms with Crippen LogP contribution in [0.15, 0.2) is 65.2 Å². The maximum atomic E-state index is 13.3. The fraction of sp³-hybridized carbons (Fsp3) is 0.238. The summed E-state index contributed by atoms with van der Waals surface area (Å²) >= 11 is 0. The zero-order valence-corrected chi connectivity index (χ0v) is 13.8. The number of fused-ring (bicyclic) bond motifs is 1. The van der Waals surface area contributed by atoms with Crippen LogP contribution in [0.1, 0.15) is 24.1 Å². The van der Waals surface area contributed by atoms with E-state index in [2.05, 4.69) is 11.2 Å². The predicted molar refractivity (Wildman–Crippen MR) is 95.4 cm³/mol. The zero-order valence-electron chi connectivity index (χ0n) is 13.8. The first kappa shape index (κ1) is 14.5. The van der Waals surface area contributed by atoms with Crippen LogP contribution in [0.4, 0.5) is 5.69 Å². The van der Waals surface area contributed by atoms with Gasteiger partial charge in [-0.15, -0.1) is 0 Å². The predicted octanol–water partition coefficient (Wildman–Crippen LogP) is 3.96. The third-order valence-corrected chi connectivity index (χ3v) is 5.35. The molecule has 0 atom stereocenters. The molecule has 5 rings (SSSR count). The normalized spacial score (nSPS) is 17.4. The smallest absolute Gasteiger partial charge is 0.239 e. The Morgan fingerprint density at radius 2 is 1.80 bits per heavy atom. The van der Waals surface area contributed by atoms with E-state index in [1.165, 1.54) is 5.56 Å². The molecule has 1 aliphatic heterocycles. The molecule has 1 amide bonds. The average molecular weight is 330 g/mol. The first-order valence-corrected chi connectivity index (χ1v) is 8.70. The summed E-state index contributed by atoms with van der Waals surface area (Å²) in [6.45, 7) is 0.753. The van der Waals surface area contributed by atoms with E-state index in [1.807, 2.05) is 59.5 Å². The number of rotatable bonds is 3. The molecule has 1 fully saturated rings. The van der Waals surface area contributed by atoms with Crippen LogP contribution in [-0.2, 0) is 16.6 Å². The molecule has 4 nitrogen and oxygen atoms in total. The molecule has 3 aromatic rings. The molecule has 0 radical (unpaired) electrons. The van der Waals surface area contributed by atoms with Gasteiger partial charge in [0.1, 0.15) is 0 Å². The van der Waals surface area contributed by atoms with E-state index in [-0.39, 0.29) is 5.91 Å². The molecule has 2 heterocycles. The largest absolute Gasteiger partial charge is 0.356 e. The molecule has 1 aliphatic carbocycles. The van der Waals surface area contributed by atoms with Crippen molar-refractivity contribution in [3.8, 4) is 11.3 Å². The van der Waals surface area contributed by atoms with Crippen LogP contribution in [0, 0.1) is 0 Å². The molecular formula is C21H18N2O2. The second-order valence-electron chi connectivity index (χ2n) is 6.86. The summed E-state index contributed by atoms with van der Waals surface area (Å²) in [5.41, 5.74) is 3.53. The molecular weight excluding hydrogens is 312 g/mol. The molecule has 1 saturated carbocycles. The van der Waals surface area contributed by atoms with E-state index in [1.54, 1.807) is 0 Å². The Bertz CT molecular complexity index is 941. The van der Waals surface area contributed by atoms with Gasteiger partial charge in [-0.05, 0) is 30.9 Å². The summed E-state index contributed by atoms with van der Waals surface area (Å²) in [7, 11) is 0. The van der Waals surface area contributed by atoms with E-state index in [0.29, 0.717) is 0 Å². The summed E-state index contributed by atoms with van der Waals surface area (Å²) in [4.78, 5) is 15.2. The minimum atomic E-state index is -0.506. The van der Waals surface area contributed by atoms with E-state index in [4.69, 9.17) is 4.52 Å². The molecule has 25 heavy (non-hydrogen) atoms. The van der Waals surface area contributed by atoms with Gasteiger partial charge in [0, 0.05) is 23.9 Å². The van der Waals surface area contributed by atoms with Crippen molar-refractivity contribution in [2.45, 2.75) is 24.7 Å². The monoisotopic (exact) mass is 330 g/mol. The number of hydrogen-bond acceptors (Lipinski definition) is 3. The molecule has 124 valence electrons. The molecule has 0 N–H and O–H groups in total. The van der Waals surface area contributed by atoms with Crippen LogP contribution in [0.3, 0.4) is 0 Å². The van der Waals surface area contributed by atoms with Crippen molar-refractivity contribution < 1.29 is 9.32 Å². The van der Waals surface area contributed by atoms with Crippen LogP contribution in [0.25, 0.3) is 11.3 Å². The lowest BCUT2D eigenvalue weighted by Crippen LogP contribution is -2.38. The number of carbonyl (C=O) groups excluding carboxylic acids is 1. The quantitative estimate of drug-likeness (QED) is 0.730. The van der Waals surface area contributed by atoms with Crippen molar-refractivity contribution in [1.82, 2.24) is 5.16 Å². The lowest BCUT2D eigenvalue weighted by Gasteiger charge is -2.22. The highest BCUT2D eigenvalue weighted by Crippen LogP contribution is 2.51. The van der Waals surface area contributed by atoms with Gasteiger partial charge in [-0.1, -0.05) is 53.7 Å². The van der Waals surface area contributed by atoms with Crippen LogP contribution < -0.4 is 4.90 Å². The van der Waals surface area contributed by atoms with E-state index in [0.717, 1.165) is 48.5 Å². The number of anilines is 1. The van der Waals surface area contributed by atoms with Gasteiger partial charge in [0.15, 0.2) is 5.76 Å². The molecule has 0 bridgehead atoms. The number of carbonyl (C=O) groups is 1. The lowest BCUT2D eigenvalue weighted by atomic mass is 9.99. The Hall–Kier alpha value is -2.88. The standard InChI is InChI=1S/C21H18N2O2/c24-20(23-13-10-15-6-4-5-9-17(15)23)21(11-12-21)19-14-18(25-22-19)16-7-2-1-3-8-16/h1-9,14H,10-13H2. The van der Waals surface area contributed by atoms with Crippen molar-refractivity contribution in [3.05, 3.63) is 71.9 Å². The van der Waals surface area contributed by atoms with Crippen molar-refractivity contribution >= 4 is 11.6 Å². The summed E-state index contributed by atoms with van der Waals surface area (Å²) in [6.07, 6.45) is 2.60. The number of aromatic nitrogens is 1. The van der Waals surface area contributed by atoms with Crippen LogP contribution >= 0.6 is 0 Å². The number of para-hydroxylation sites is 1. The Balaban J connectivity index is 1.47. The maximum absolute atomic E-state index is 13.3. The summed E-state index contributed by atoms with van der Waals surface area (Å²) in [6, 6.07) is 20.0. The van der Waals surface area contributed by atoms with Crippen LogP contribution in [0.5, 0.6) is 0 Å². The van der Waals surface area contributed by atoms with E-state index < -0.39 is 5.41 Å². The van der Waals surface area contributed by atoms with Gasteiger partial charge >= 0.3 is 0 Å². The molecule has 0 spiro atoms. The Morgan fingerprint density at radius 3 is 2.60 bits per heavy atom. The average Bonchev–Trinajstić information content (AvgIpc) is 3.14. The molecule has 1 aromatic heterocycles. The number of nitrogens with zero attached hydrogens (tertiary/aromatic N) is 2. The second kappa shape index (κ2) is 5.31. The summed E-state index contributed by atoms with van der Waals surface area (Å²) < 4.78 is 5.54. The van der Waals surface area contributed by atoms with Crippen LogP contribution in [0.2, 0.25) is 0 Å². The van der Waals surface area contributed by atoms with E-state index in [9.17, 15) is 4.79 Å².